The van der Waals surface area contributed by atoms with Crippen molar-refractivity contribution in [2.24, 2.45) is 5.73 Å². The van der Waals surface area contributed by atoms with E-state index in [9.17, 15) is 0 Å². The van der Waals surface area contributed by atoms with Crippen LogP contribution in [0.15, 0.2) is 36.7 Å². The molecule has 1 saturated carbocycles. The van der Waals surface area contributed by atoms with Crippen LogP contribution in [-0.4, -0.2) is 49.2 Å². The van der Waals surface area contributed by atoms with Crippen LogP contribution in [0, 0.1) is 0 Å². The summed E-state index contributed by atoms with van der Waals surface area (Å²) in [6.07, 6.45) is 4.71. The fraction of sp³-hybridized carbons (Fsp3) is 0.350. The van der Waals surface area contributed by atoms with Crippen LogP contribution < -0.4 is 20.9 Å². The van der Waals surface area contributed by atoms with Crippen LogP contribution in [0.25, 0.3) is 10.8 Å². The van der Waals surface area contributed by atoms with Crippen LogP contribution in [0.1, 0.15) is 17.9 Å². The van der Waals surface area contributed by atoms with Crippen molar-refractivity contribution in [2.75, 3.05) is 43.3 Å². The number of anilines is 4. The summed E-state index contributed by atoms with van der Waals surface area (Å²) in [7, 11) is 7.93. The molecule has 140 valence electrons. The second-order valence-electron chi connectivity index (χ2n) is 7.45. The van der Waals surface area contributed by atoms with Gasteiger partial charge in [0.2, 0.25) is 5.95 Å². The van der Waals surface area contributed by atoms with Crippen molar-refractivity contribution < 1.29 is 0 Å². The molecule has 0 aliphatic heterocycles. The highest BCUT2D eigenvalue weighted by Crippen LogP contribution is 2.44. The second kappa shape index (κ2) is 6.66. The molecule has 3 aromatic rings. The summed E-state index contributed by atoms with van der Waals surface area (Å²) < 4.78 is 0. The van der Waals surface area contributed by atoms with E-state index in [0.717, 1.165) is 23.3 Å². The molecule has 4 rings (SSSR count). The summed E-state index contributed by atoms with van der Waals surface area (Å²) in [6.45, 7) is 0. The van der Waals surface area contributed by atoms with Crippen molar-refractivity contribution in [3.63, 3.8) is 0 Å². The summed E-state index contributed by atoms with van der Waals surface area (Å²) in [5.74, 6) is 2.56. The van der Waals surface area contributed by atoms with Crippen molar-refractivity contribution >= 4 is 34.0 Å². The Kier molecular flexibility index (Phi) is 4.31. The SMILES string of the molecule is CN(C)c1nccc(Nc2cc3c(C4CC4N)ccc(N(C)C)c3cn2)n1. The van der Waals surface area contributed by atoms with Gasteiger partial charge in [0, 0.05) is 63.6 Å². The molecule has 2 aromatic heterocycles. The largest absolute Gasteiger partial charge is 0.377 e. The molecule has 0 saturated heterocycles. The van der Waals surface area contributed by atoms with Gasteiger partial charge in [-0.15, -0.1) is 0 Å². The molecule has 7 heteroatoms. The predicted molar refractivity (Wildman–Crippen MR) is 111 cm³/mol. The molecule has 2 heterocycles. The minimum atomic E-state index is 0.257. The Bertz CT molecular complexity index is 983. The molecule has 0 bridgehead atoms. The average molecular weight is 363 g/mol. The first kappa shape index (κ1) is 17.5. The predicted octanol–water partition coefficient (Wildman–Crippen LogP) is 2.72. The molecule has 0 amide bonds. The van der Waals surface area contributed by atoms with Crippen molar-refractivity contribution in [3.8, 4) is 0 Å². The number of aromatic nitrogens is 3. The quantitative estimate of drug-likeness (QED) is 0.721. The first-order valence-electron chi connectivity index (χ1n) is 9.07. The molecular formula is C20H25N7. The smallest absolute Gasteiger partial charge is 0.226 e. The maximum atomic E-state index is 6.13. The summed E-state index contributed by atoms with van der Waals surface area (Å²) in [5.41, 5.74) is 8.58. The highest BCUT2D eigenvalue weighted by atomic mass is 15.2. The first-order chi connectivity index (χ1) is 12.9. The van der Waals surface area contributed by atoms with E-state index in [1.54, 1.807) is 6.20 Å². The van der Waals surface area contributed by atoms with Gasteiger partial charge in [-0.1, -0.05) is 6.07 Å². The number of nitrogens with zero attached hydrogens (tertiary/aromatic N) is 5. The first-order valence-corrected chi connectivity index (χ1v) is 9.07. The summed E-state index contributed by atoms with van der Waals surface area (Å²) in [5, 5.41) is 5.63. The molecule has 2 atom stereocenters. The maximum Gasteiger partial charge on any atom is 0.226 e. The van der Waals surface area contributed by atoms with E-state index in [1.807, 2.05) is 45.4 Å². The second-order valence-corrected chi connectivity index (χ2v) is 7.45. The summed E-state index contributed by atoms with van der Waals surface area (Å²) in [4.78, 5) is 17.4. The molecule has 3 N–H and O–H groups in total. The number of pyridine rings is 1. The number of rotatable bonds is 5. The highest BCUT2D eigenvalue weighted by molar-refractivity contribution is 5.97. The number of nitrogens with two attached hydrogens (primary N) is 1. The van der Waals surface area contributed by atoms with Gasteiger partial charge in [0.15, 0.2) is 0 Å². The van der Waals surface area contributed by atoms with Gasteiger partial charge < -0.3 is 20.9 Å². The zero-order valence-corrected chi connectivity index (χ0v) is 16.1. The van der Waals surface area contributed by atoms with Crippen LogP contribution in [0.4, 0.5) is 23.3 Å². The number of benzene rings is 1. The van der Waals surface area contributed by atoms with E-state index >= 15 is 0 Å². The highest BCUT2D eigenvalue weighted by Gasteiger charge is 2.36. The fourth-order valence-corrected chi connectivity index (χ4v) is 3.37. The monoisotopic (exact) mass is 363 g/mol. The third kappa shape index (κ3) is 3.38. The third-order valence-corrected chi connectivity index (χ3v) is 4.93. The lowest BCUT2D eigenvalue weighted by atomic mass is 10.0. The average Bonchev–Trinajstić information content (AvgIpc) is 3.37. The molecular weight excluding hydrogens is 338 g/mol. The molecule has 0 spiro atoms. The summed E-state index contributed by atoms with van der Waals surface area (Å²) >= 11 is 0. The Balaban J connectivity index is 1.75. The topological polar surface area (TPSA) is 83.2 Å². The van der Waals surface area contributed by atoms with Gasteiger partial charge in [0.05, 0.1) is 0 Å². The minimum Gasteiger partial charge on any atom is -0.377 e. The molecule has 27 heavy (non-hydrogen) atoms. The normalized spacial score (nSPS) is 18.4. The number of fused-ring (bicyclic) bond motifs is 1. The van der Waals surface area contributed by atoms with Crippen LogP contribution in [0.5, 0.6) is 0 Å². The summed E-state index contributed by atoms with van der Waals surface area (Å²) in [6, 6.07) is 8.55. The molecule has 1 fully saturated rings. The zero-order chi connectivity index (χ0) is 19.1. The number of nitrogens with one attached hydrogen (secondary N) is 1. The van der Waals surface area contributed by atoms with E-state index in [4.69, 9.17) is 5.73 Å². The zero-order valence-electron chi connectivity index (χ0n) is 16.1. The number of hydrogen-bond acceptors (Lipinski definition) is 7. The van der Waals surface area contributed by atoms with Crippen LogP contribution in [0.3, 0.4) is 0 Å². The molecule has 1 aliphatic carbocycles. The Labute approximate surface area is 159 Å². The van der Waals surface area contributed by atoms with E-state index in [2.05, 4.69) is 43.4 Å². The molecule has 7 nitrogen and oxygen atoms in total. The molecule has 1 aliphatic rings. The van der Waals surface area contributed by atoms with Crippen LogP contribution in [0.2, 0.25) is 0 Å². The lowest BCUT2D eigenvalue weighted by Crippen LogP contribution is -2.13. The van der Waals surface area contributed by atoms with Gasteiger partial charge in [-0.2, -0.15) is 4.98 Å². The molecule has 0 radical (unpaired) electrons. The minimum absolute atomic E-state index is 0.257. The van der Waals surface area contributed by atoms with Gasteiger partial charge in [-0.05, 0) is 35.6 Å². The van der Waals surface area contributed by atoms with E-state index < -0.39 is 0 Å². The van der Waals surface area contributed by atoms with E-state index in [-0.39, 0.29) is 6.04 Å². The van der Waals surface area contributed by atoms with Crippen LogP contribution in [-0.2, 0) is 0 Å². The maximum absolute atomic E-state index is 6.13. The lowest BCUT2D eigenvalue weighted by molar-refractivity contribution is 0.996. The molecule has 2 unspecified atom stereocenters. The van der Waals surface area contributed by atoms with E-state index in [0.29, 0.717) is 17.7 Å². The fourth-order valence-electron chi connectivity index (χ4n) is 3.37. The van der Waals surface area contributed by atoms with Crippen LogP contribution >= 0.6 is 0 Å². The van der Waals surface area contributed by atoms with Gasteiger partial charge >= 0.3 is 0 Å². The standard InChI is InChI=1S/C20H25N7/c1-26(2)17-6-5-12(14-9-16(14)21)13-10-19(23-11-15(13)17)24-18-7-8-22-20(25-18)27(3)4/h5-8,10-11,14,16H,9,21H2,1-4H3,(H,22,23,24,25). The van der Waals surface area contributed by atoms with Crippen molar-refractivity contribution in [2.45, 2.75) is 18.4 Å². The van der Waals surface area contributed by atoms with Gasteiger partial charge in [0.1, 0.15) is 11.6 Å². The Morgan fingerprint density at radius 1 is 1.00 bits per heavy atom. The van der Waals surface area contributed by atoms with Gasteiger partial charge in [-0.25, -0.2) is 9.97 Å². The molecule has 1 aromatic carbocycles. The Hall–Kier alpha value is -2.93. The van der Waals surface area contributed by atoms with Gasteiger partial charge in [-0.3, -0.25) is 0 Å². The Morgan fingerprint density at radius 3 is 2.44 bits per heavy atom. The Morgan fingerprint density at radius 2 is 1.78 bits per heavy atom. The number of hydrogen-bond donors (Lipinski definition) is 2. The van der Waals surface area contributed by atoms with E-state index in [1.165, 1.54) is 10.9 Å². The third-order valence-electron chi connectivity index (χ3n) is 4.93. The van der Waals surface area contributed by atoms with Crippen molar-refractivity contribution in [1.29, 1.82) is 0 Å². The van der Waals surface area contributed by atoms with Gasteiger partial charge in [0.25, 0.3) is 0 Å². The van der Waals surface area contributed by atoms with Crippen molar-refractivity contribution in [3.05, 3.63) is 42.2 Å². The lowest BCUT2D eigenvalue weighted by Gasteiger charge is -2.18. The van der Waals surface area contributed by atoms with Crippen molar-refractivity contribution in [1.82, 2.24) is 15.0 Å².